The minimum Gasteiger partial charge on any atom is -0.497 e. The van der Waals surface area contributed by atoms with Crippen molar-refractivity contribution in [2.75, 3.05) is 19.5 Å². The number of ether oxygens (including phenoxy) is 2. The normalized spacial score (nSPS) is 23.2. The Morgan fingerprint density at radius 2 is 1.84 bits per heavy atom. The molecule has 1 N–H and O–H groups in total. The van der Waals surface area contributed by atoms with Crippen molar-refractivity contribution in [2.45, 2.75) is 50.4 Å². The van der Waals surface area contributed by atoms with Gasteiger partial charge in [-0.2, -0.15) is 0 Å². The Morgan fingerprint density at radius 3 is 2.52 bits per heavy atom. The molecule has 2 aromatic carbocycles. The van der Waals surface area contributed by atoms with E-state index in [0.717, 1.165) is 55.4 Å². The zero-order chi connectivity index (χ0) is 21.8. The van der Waals surface area contributed by atoms with Crippen molar-refractivity contribution in [3.63, 3.8) is 0 Å². The van der Waals surface area contributed by atoms with Crippen molar-refractivity contribution in [1.29, 1.82) is 0 Å². The van der Waals surface area contributed by atoms with E-state index in [2.05, 4.69) is 0 Å². The van der Waals surface area contributed by atoms with E-state index in [1.807, 2.05) is 30.3 Å². The summed E-state index contributed by atoms with van der Waals surface area (Å²) in [5.41, 5.74) is 1.86. The van der Waals surface area contributed by atoms with Crippen LogP contribution in [0, 0.1) is 17.7 Å². The maximum absolute atomic E-state index is 14.3. The number of hydrogen-bond donors (Lipinski definition) is 1. The van der Waals surface area contributed by atoms with Crippen LogP contribution in [0.25, 0.3) is 0 Å². The second kappa shape index (κ2) is 10.1. The van der Waals surface area contributed by atoms with Crippen LogP contribution in [0.15, 0.2) is 42.5 Å². The molecular weight excluding hydrogens is 415 g/mol. The van der Waals surface area contributed by atoms with Crippen molar-refractivity contribution in [3.05, 3.63) is 59.4 Å². The third-order valence-electron chi connectivity index (χ3n) is 6.77. The smallest absolute Gasteiger partial charge is 0.153 e. The quantitative estimate of drug-likeness (QED) is 0.487. The van der Waals surface area contributed by atoms with Gasteiger partial charge in [-0.1, -0.05) is 12.1 Å². The zero-order valence-corrected chi connectivity index (χ0v) is 18.8. The molecule has 0 radical (unpaired) electrons. The summed E-state index contributed by atoms with van der Waals surface area (Å²) < 4.78 is 46.4. The van der Waals surface area contributed by atoms with E-state index in [4.69, 9.17) is 9.47 Å². The van der Waals surface area contributed by atoms with Crippen LogP contribution in [-0.4, -0.2) is 28.2 Å². The fourth-order valence-electron chi connectivity index (χ4n) is 4.81. The molecule has 0 heterocycles. The number of rotatable bonds is 9. The number of methoxy groups -OCH3 is 1. The highest BCUT2D eigenvalue weighted by Gasteiger charge is 2.33. The summed E-state index contributed by atoms with van der Waals surface area (Å²) in [6.07, 6.45) is 6.17. The Kier molecular flexibility index (Phi) is 7.28. The number of benzene rings is 2. The summed E-state index contributed by atoms with van der Waals surface area (Å²) in [5.74, 6) is 3.00. The van der Waals surface area contributed by atoms with Gasteiger partial charge in [0.25, 0.3) is 0 Å². The van der Waals surface area contributed by atoms with E-state index >= 15 is 0 Å². The van der Waals surface area contributed by atoms with Crippen molar-refractivity contribution in [2.24, 2.45) is 11.8 Å². The molecule has 2 aromatic rings. The lowest BCUT2D eigenvalue weighted by molar-refractivity contribution is 0.199. The first-order valence-electron chi connectivity index (χ1n) is 11.2. The molecule has 4 nitrogen and oxygen atoms in total. The third-order valence-corrected chi connectivity index (χ3v) is 7.42. The minimum absolute atomic E-state index is 0.127. The largest absolute Gasteiger partial charge is 0.497 e. The highest BCUT2D eigenvalue weighted by atomic mass is 32.2. The van der Waals surface area contributed by atoms with Gasteiger partial charge in [-0.05, 0) is 97.7 Å². The van der Waals surface area contributed by atoms with Crippen molar-refractivity contribution in [1.82, 2.24) is 0 Å². The van der Waals surface area contributed by atoms with Gasteiger partial charge in [0.1, 0.15) is 17.3 Å². The van der Waals surface area contributed by atoms with E-state index in [0.29, 0.717) is 29.9 Å². The van der Waals surface area contributed by atoms with Gasteiger partial charge in [0.15, 0.2) is 11.1 Å². The molecule has 6 heteroatoms. The summed E-state index contributed by atoms with van der Waals surface area (Å²) in [4.78, 5) is 0. The van der Waals surface area contributed by atoms with Gasteiger partial charge < -0.3 is 14.0 Å². The van der Waals surface area contributed by atoms with Crippen molar-refractivity contribution in [3.8, 4) is 11.5 Å². The molecule has 168 valence electrons. The Balaban J connectivity index is 1.31. The number of halogens is 1. The predicted octanol–water partition coefficient (Wildman–Crippen LogP) is 5.90. The van der Waals surface area contributed by atoms with Crippen molar-refractivity contribution >= 4 is 11.1 Å². The van der Waals surface area contributed by atoms with Crippen LogP contribution >= 0.6 is 0 Å². The van der Waals surface area contributed by atoms with Crippen LogP contribution in [-0.2, 0) is 11.1 Å². The van der Waals surface area contributed by atoms with E-state index < -0.39 is 11.1 Å². The molecule has 0 aliphatic heterocycles. The molecule has 0 amide bonds. The predicted molar refractivity (Wildman–Crippen MR) is 121 cm³/mol. The SMILES string of the molecule is COc1ccc(F)c(C2CCC(COc3cccc(C(CS(=O)O)C4CC4)c3)CC2)c1. The Hall–Kier alpha value is -1.92. The fourth-order valence-corrected chi connectivity index (χ4v) is 5.58. The minimum atomic E-state index is -1.79. The molecular formula is C25H31FO4S. The van der Waals surface area contributed by atoms with Crippen LogP contribution in [0.1, 0.15) is 61.5 Å². The molecule has 2 unspecified atom stereocenters. The summed E-state index contributed by atoms with van der Waals surface area (Å²) in [6, 6.07) is 13.0. The number of hydrogen-bond acceptors (Lipinski definition) is 3. The lowest BCUT2D eigenvalue weighted by Gasteiger charge is -2.29. The van der Waals surface area contributed by atoms with E-state index in [1.165, 1.54) is 6.07 Å². The standard InChI is InChI=1S/C25H31FO4S/c1-29-21-11-12-25(26)23(14-21)18-7-5-17(6-8-18)15-30-22-4-2-3-20(13-22)24(16-31(27)28)19-9-10-19/h2-4,11-14,17-19,24H,5-10,15-16H2,1H3,(H,27,28). The Labute approximate surface area is 186 Å². The van der Waals surface area contributed by atoms with Gasteiger partial charge in [0, 0.05) is 5.92 Å². The molecule has 0 saturated heterocycles. The van der Waals surface area contributed by atoms with Gasteiger partial charge in [-0.15, -0.1) is 0 Å². The van der Waals surface area contributed by atoms with Crippen LogP contribution in [0.4, 0.5) is 4.39 Å². The monoisotopic (exact) mass is 446 g/mol. The Morgan fingerprint density at radius 1 is 1.06 bits per heavy atom. The summed E-state index contributed by atoms with van der Waals surface area (Å²) in [5, 5.41) is 0. The topological polar surface area (TPSA) is 55.8 Å². The highest BCUT2D eigenvalue weighted by Crippen LogP contribution is 2.44. The van der Waals surface area contributed by atoms with Gasteiger partial charge in [-0.25, -0.2) is 8.60 Å². The van der Waals surface area contributed by atoms with E-state index in [-0.39, 0.29) is 17.7 Å². The third kappa shape index (κ3) is 5.86. The van der Waals surface area contributed by atoms with Crippen LogP contribution in [0.3, 0.4) is 0 Å². The van der Waals surface area contributed by atoms with Crippen LogP contribution in [0.5, 0.6) is 11.5 Å². The molecule has 31 heavy (non-hydrogen) atoms. The van der Waals surface area contributed by atoms with E-state index in [1.54, 1.807) is 13.2 Å². The van der Waals surface area contributed by atoms with Gasteiger partial charge in [0.2, 0.25) is 0 Å². The van der Waals surface area contributed by atoms with E-state index in [9.17, 15) is 13.2 Å². The second-order valence-corrected chi connectivity index (χ2v) is 9.90. The van der Waals surface area contributed by atoms with Crippen LogP contribution < -0.4 is 9.47 Å². The Bertz CT molecular complexity index is 906. The van der Waals surface area contributed by atoms with Gasteiger partial charge in [-0.3, -0.25) is 0 Å². The first-order chi connectivity index (χ1) is 15.0. The highest BCUT2D eigenvalue weighted by molar-refractivity contribution is 7.79. The second-order valence-electron chi connectivity index (χ2n) is 8.92. The average molecular weight is 447 g/mol. The molecule has 0 bridgehead atoms. The zero-order valence-electron chi connectivity index (χ0n) is 18.0. The van der Waals surface area contributed by atoms with Gasteiger partial charge >= 0.3 is 0 Å². The first-order valence-corrected chi connectivity index (χ1v) is 12.4. The molecule has 2 atom stereocenters. The molecule has 4 rings (SSSR count). The molecule has 2 saturated carbocycles. The summed E-state index contributed by atoms with van der Waals surface area (Å²) in [6.45, 7) is 0.650. The lowest BCUT2D eigenvalue weighted by Crippen LogP contribution is -2.20. The summed E-state index contributed by atoms with van der Waals surface area (Å²) in [7, 11) is 1.61. The molecule has 2 aliphatic carbocycles. The van der Waals surface area contributed by atoms with Gasteiger partial charge in [0.05, 0.1) is 19.5 Å². The molecule has 2 aliphatic rings. The average Bonchev–Trinajstić information content (AvgIpc) is 3.62. The molecule has 0 spiro atoms. The fraction of sp³-hybridized carbons (Fsp3) is 0.520. The summed E-state index contributed by atoms with van der Waals surface area (Å²) >= 11 is -1.79. The lowest BCUT2D eigenvalue weighted by atomic mass is 9.79. The molecule has 0 aromatic heterocycles. The maximum atomic E-state index is 14.3. The van der Waals surface area contributed by atoms with Crippen LogP contribution in [0.2, 0.25) is 0 Å². The van der Waals surface area contributed by atoms with Crippen molar-refractivity contribution < 1.29 is 22.6 Å². The maximum Gasteiger partial charge on any atom is 0.153 e. The molecule has 2 fully saturated rings. The first kappa shape index (κ1) is 22.3.